The van der Waals surface area contributed by atoms with E-state index in [1.165, 1.54) is 19.4 Å². The van der Waals surface area contributed by atoms with E-state index < -0.39 is 0 Å². The van der Waals surface area contributed by atoms with Crippen molar-refractivity contribution in [1.82, 2.24) is 20.0 Å². The molecule has 6 heteroatoms. The minimum absolute atomic E-state index is 0.116. The molecule has 146 valence electrons. The average Bonchev–Trinajstić information content (AvgIpc) is 3.20. The Kier molecular flexibility index (Phi) is 7.72. The topological polar surface area (TPSA) is 50.2 Å². The molecule has 1 aliphatic heterocycles. The standard InChI is InChI=1S/C21H29ClN4O/c22-20-8-2-1-7-19(20)16-23-21(27)10-9-18-6-3-12-25(17-18)13-5-15-26-14-4-11-24-26/h1-2,4,7-8,11,14,18H,3,5-6,9-10,12-13,15-17H2,(H,23,27)/t18-/m0/s1. The van der Waals surface area contributed by atoms with Crippen molar-refractivity contribution in [2.45, 2.75) is 45.2 Å². The van der Waals surface area contributed by atoms with Crippen LogP contribution in [0.3, 0.4) is 0 Å². The van der Waals surface area contributed by atoms with Crippen LogP contribution in [0.1, 0.15) is 37.7 Å². The Balaban J connectivity index is 1.32. The van der Waals surface area contributed by atoms with Crippen molar-refractivity contribution >= 4 is 17.5 Å². The highest BCUT2D eigenvalue weighted by Gasteiger charge is 2.20. The van der Waals surface area contributed by atoms with Crippen molar-refractivity contribution in [3.8, 4) is 0 Å². The van der Waals surface area contributed by atoms with Gasteiger partial charge in [0.1, 0.15) is 0 Å². The van der Waals surface area contributed by atoms with Gasteiger partial charge in [-0.1, -0.05) is 29.8 Å². The predicted molar refractivity (Wildman–Crippen MR) is 109 cm³/mol. The van der Waals surface area contributed by atoms with Crippen LogP contribution in [0.5, 0.6) is 0 Å². The molecule has 3 rings (SSSR count). The van der Waals surface area contributed by atoms with Crippen LogP contribution in [0.4, 0.5) is 0 Å². The van der Waals surface area contributed by atoms with Gasteiger partial charge >= 0.3 is 0 Å². The smallest absolute Gasteiger partial charge is 0.220 e. The molecule has 1 N–H and O–H groups in total. The Labute approximate surface area is 166 Å². The van der Waals surface area contributed by atoms with Gasteiger partial charge < -0.3 is 10.2 Å². The van der Waals surface area contributed by atoms with Gasteiger partial charge in [0.2, 0.25) is 5.91 Å². The molecule has 1 atom stereocenters. The number of hydrogen-bond donors (Lipinski definition) is 1. The Morgan fingerprint density at radius 3 is 2.96 bits per heavy atom. The zero-order chi connectivity index (χ0) is 18.9. The SMILES string of the molecule is O=C(CC[C@@H]1CCCN(CCCn2cccn2)C1)NCc1ccccc1Cl. The number of carbonyl (C=O) groups excluding carboxylic acids is 1. The second-order valence-corrected chi connectivity index (χ2v) is 7.75. The first-order valence-corrected chi connectivity index (χ1v) is 10.3. The van der Waals surface area contributed by atoms with Gasteiger partial charge in [-0.05, 0) is 62.4 Å². The molecule has 1 amide bonds. The Morgan fingerprint density at radius 2 is 2.15 bits per heavy atom. The predicted octanol–water partition coefficient (Wildman–Crippen LogP) is 3.74. The fraction of sp³-hybridized carbons (Fsp3) is 0.524. The summed E-state index contributed by atoms with van der Waals surface area (Å²) in [6.07, 6.45) is 8.97. The number of aryl methyl sites for hydroxylation is 1. The van der Waals surface area contributed by atoms with Gasteiger partial charge in [0, 0.05) is 43.5 Å². The molecular weight excluding hydrogens is 360 g/mol. The molecule has 1 aromatic carbocycles. The van der Waals surface area contributed by atoms with Crippen molar-refractivity contribution in [1.29, 1.82) is 0 Å². The van der Waals surface area contributed by atoms with Crippen LogP contribution >= 0.6 is 11.6 Å². The number of rotatable bonds is 9. The number of likely N-dealkylation sites (tertiary alicyclic amines) is 1. The van der Waals surface area contributed by atoms with Crippen LogP contribution in [0.15, 0.2) is 42.7 Å². The van der Waals surface area contributed by atoms with Gasteiger partial charge in [0.15, 0.2) is 0 Å². The molecular formula is C21H29ClN4O. The van der Waals surface area contributed by atoms with Crippen molar-refractivity contribution in [2.75, 3.05) is 19.6 Å². The van der Waals surface area contributed by atoms with Gasteiger partial charge in [0.25, 0.3) is 0 Å². The van der Waals surface area contributed by atoms with E-state index in [2.05, 4.69) is 15.3 Å². The third-order valence-electron chi connectivity index (χ3n) is 5.24. The highest BCUT2D eigenvalue weighted by atomic mass is 35.5. The van der Waals surface area contributed by atoms with Gasteiger partial charge in [-0.25, -0.2) is 0 Å². The van der Waals surface area contributed by atoms with Gasteiger partial charge in [-0.15, -0.1) is 0 Å². The lowest BCUT2D eigenvalue weighted by atomic mass is 9.93. The Bertz CT molecular complexity index is 704. The number of hydrogen-bond acceptors (Lipinski definition) is 3. The molecule has 27 heavy (non-hydrogen) atoms. The highest BCUT2D eigenvalue weighted by Crippen LogP contribution is 2.21. The maximum absolute atomic E-state index is 12.2. The summed E-state index contributed by atoms with van der Waals surface area (Å²) in [7, 11) is 0. The molecule has 1 aliphatic rings. The third kappa shape index (κ3) is 6.67. The van der Waals surface area contributed by atoms with E-state index in [-0.39, 0.29) is 5.91 Å². The maximum Gasteiger partial charge on any atom is 0.220 e. The molecule has 1 aromatic heterocycles. The lowest BCUT2D eigenvalue weighted by molar-refractivity contribution is -0.121. The summed E-state index contributed by atoms with van der Waals surface area (Å²) in [5.74, 6) is 0.736. The van der Waals surface area contributed by atoms with Crippen molar-refractivity contribution in [3.05, 3.63) is 53.3 Å². The molecule has 2 heterocycles. The molecule has 0 unspecified atom stereocenters. The van der Waals surface area contributed by atoms with Gasteiger partial charge in [0.05, 0.1) is 0 Å². The molecule has 0 bridgehead atoms. The maximum atomic E-state index is 12.2. The molecule has 5 nitrogen and oxygen atoms in total. The normalized spacial score (nSPS) is 17.7. The number of piperidine rings is 1. The van der Waals surface area contributed by atoms with Gasteiger partial charge in [-0.3, -0.25) is 9.48 Å². The number of benzene rings is 1. The van der Waals surface area contributed by atoms with Crippen LogP contribution < -0.4 is 5.32 Å². The number of aromatic nitrogens is 2. The average molecular weight is 389 g/mol. The summed E-state index contributed by atoms with van der Waals surface area (Å²) in [5, 5.41) is 7.95. The van der Waals surface area contributed by atoms with E-state index in [0.29, 0.717) is 23.9 Å². The summed E-state index contributed by atoms with van der Waals surface area (Å²) in [5.41, 5.74) is 0.966. The fourth-order valence-electron chi connectivity index (χ4n) is 3.74. The molecule has 1 saturated heterocycles. The zero-order valence-electron chi connectivity index (χ0n) is 15.8. The lowest BCUT2D eigenvalue weighted by Crippen LogP contribution is -2.37. The van der Waals surface area contributed by atoms with E-state index in [0.717, 1.165) is 38.0 Å². The number of nitrogens with one attached hydrogen (secondary N) is 1. The first-order valence-electron chi connectivity index (χ1n) is 9.90. The van der Waals surface area contributed by atoms with Crippen molar-refractivity contribution < 1.29 is 4.79 Å². The number of halogens is 1. The van der Waals surface area contributed by atoms with Crippen LogP contribution in [0, 0.1) is 5.92 Å². The monoisotopic (exact) mass is 388 g/mol. The zero-order valence-corrected chi connectivity index (χ0v) is 16.6. The molecule has 0 radical (unpaired) electrons. The van der Waals surface area contributed by atoms with Crippen LogP contribution in [0.25, 0.3) is 0 Å². The van der Waals surface area contributed by atoms with Gasteiger partial charge in [-0.2, -0.15) is 5.10 Å². The Hall–Kier alpha value is -1.85. The van der Waals surface area contributed by atoms with E-state index >= 15 is 0 Å². The summed E-state index contributed by atoms with van der Waals surface area (Å²) in [4.78, 5) is 14.7. The van der Waals surface area contributed by atoms with E-state index in [9.17, 15) is 4.79 Å². The van der Waals surface area contributed by atoms with E-state index in [1.54, 1.807) is 0 Å². The summed E-state index contributed by atoms with van der Waals surface area (Å²) in [6, 6.07) is 9.61. The number of amides is 1. The van der Waals surface area contributed by atoms with E-state index in [4.69, 9.17) is 11.6 Å². The fourth-order valence-corrected chi connectivity index (χ4v) is 3.94. The molecule has 0 spiro atoms. The largest absolute Gasteiger partial charge is 0.352 e. The number of nitrogens with zero attached hydrogens (tertiary/aromatic N) is 3. The minimum Gasteiger partial charge on any atom is -0.352 e. The minimum atomic E-state index is 0.116. The van der Waals surface area contributed by atoms with Crippen molar-refractivity contribution in [2.24, 2.45) is 5.92 Å². The first kappa shape index (κ1) is 19.9. The van der Waals surface area contributed by atoms with E-state index in [1.807, 2.05) is 47.4 Å². The molecule has 0 aliphatic carbocycles. The summed E-state index contributed by atoms with van der Waals surface area (Å²) >= 11 is 6.13. The van der Waals surface area contributed by atoms with Crippen LogP contribution in [0.2, 0.25) is 5.02 Å². The summed E-state index contributed by atoms with van der Waals surface area (Å²) < 4.78 is 1.99. The molecule has 1 fully saturated rings. The van der Waals surface area contributed by atoms with Crippen LogP contribution in [-0.4, -0.2) is 40.2 Å². The summed E-state index contributed by atoms with van der Waals surface area (Å²) in [6.45, 7) is 4.86. The second kappa shape index (κ2) is 10.5. The third-order valence-corrected chi connectivity index (χ3v) is 5.61. The molecule has 2 aromatic rings. The van der Waals surface area contributed by atoms with Crippen molar-refractivity contribution in [3.63, 3.8) is 0 Å². The van der Waals surface area contributed by atoms with Crippen LogP contribution in [-0.2, 0) is 17.9 Å². The highest BCUT2D eigenvalue weighted by molar-refractivity contribution is 6.31. The quantitative estimate of drug-likeness (QED) is 0.712. The first-order chi connectivity index (χ1) is 13.2. The lowest BCUT2D eigenvalue weighted by Gasteiger charge is -2.32. The Morgan fingerprint density at radius 1 is 1.26 bits per heavy atom. The second-order valence-electron chi connectivity index (χ2n) is 7.34. The number of carbonyl (C=O) groups is 1. The molecule has 0 saturated carbocycles.